The van der Waals surface area contributed by atoms with Gasteiger partial charge in [0, 0.05) is 12.1 Å². The minimum atomic E-state index is -3.56. The first kappa shape index (κ1) is 14.5. The molecule has 0 aliphatic carbocycles. The van der Waals surface area contributed by atoms with Crippen LogP contribution in [0.5, 0.6) is 5.75 Å². The summed E-state index contributed by atoms with van der Waals surface area (Å²) < 4.78 is 32.3. The van der Waals surface area contributed by atoms with Crippen LogP contribution in [0.25, 0.3) is 0 Å². The monoisotopic (exact) mass is 302 g/mol. The van der Waals surface area contributed by atoms with Gasteiger partial charge in [0.05, 0.1) is 12.8 Å². The third-order valence-corrected chi connectivity index (χ3v) is 5.69. The molecular formula is C12H18N2O3S2. The molecule has 0 radical (unpaired) electrons. The largest absolute Gasteiger partial charge is 0.497 e. The summed E-state index contributed by atoms with van der Waals surface area (Å²) >= 11 is 1.85. The molecule has 1 aliphatic rings. The lowest BCUT2D eigenvalue weighted by molar-refractivity contribution is 0.414. The summed E-state index contributed by atoms with van der Waals surface area (Å²) in [4.78, 5) is 0.117. The van der Waals surface area contributed by atoms with Gasteiger partial charge in [0.25, 0.3) is 0 Å². The molecule has 1 fully saturated rings. The number of benzene rings is 1. The zero-order valence-corrected chi connectivity index (χ0v) is 12.4. The summed E-state index contributed by atoms with van der Waals surface area (Å²) in [5, 5.41) is 0. The fraction of sp³-hybridized carbons (Fsp3) is 0.500. The van der Waals surface area contributed by atoms with Crippen molar-refractivity contribution >= 4 is 27.5 Å². The summed E-state index contributed by atoms with van der Waals surface area (Å²) in [7, 11) is -2.04. The summed E-state index contributed by atoms with van der Waals surface area (Å²) in [6.45, 7) is 0. The van der Waals surface area contributed by atoms with E-state index < -0.39 is 10.0 Å². The van der Waals surface area contributed by atoms with Gasteiger partial charge in [0.15, 0.2) is 0 Å². The first-order valence-electron chi connectivity index (χ1n) is 6.06. The highest BCUT2D eigenvalue weighted by Gasteiger charge is 2.23. The number of nitrogens with one attached hydrogen (secondary N) is 1. The number of nitrogens with two attached hydrogens (primary N) is 1. The van der Waals surface area contributed by atoms with E-state index in [1.54, 1.807) is 6.07 Å². The molecule has 0 atom stereocenters. The SMILES string of the molecule is COc1ccc(S(=O)(=O)NC2CCSCC2)c(N)c1. The van der Waals surface area contributed by atoms with Crippen LogP contribution in [0.3, 0.4) is 0 Å². The maximum Gasteiger partial charge on any atom is 0.242 e. The second-order valence-corrected chi connectivity index (χ2v) is 7.32. The normalized spacial score (nSPS) is 17.3. The van der Waals surface area contributed by atoms with Crippen molar-refractivity contribution in [1.82, 2.24) is 4.72 Å². The Morgan fingerprint density at radius 2 is 2.05 bits per heavy atom. The molecule has 1 aromatic carbocycles. The van der Waals surface area contributed by atoms with E-state index >= 15 is 0 Å². The summed E-state index contributed by atoms with van der Waals surface area (Å²) in [5.74, 6) is 2.53. The van der Waals surface area contributed by atoms with Crippen molar-refractivity contribution < 1.29 is 13.2 Å². The number of rotatable bonds is 4. The number of methoxy groups -OCH3 is 1. The number of ether oxygens (including phenoxy) is 1. The molecule has 0 saturated carbocycles. The number of anilines is 1. The van der Waals surface area contributed by atoms with Gasteiger partial charge in [-0.15, -0.1) is 0 Å². The van der Waals surface area contributed by atoms with Crippen LogP contribution >= 0.6 is 11.8 Å². The van der Waals surface area contributed by atoms with E-state index in [0.29, 0.717) is 5.75 Å². The van der Waals surface area contributed by atoms with Gasteiger partial charge in [-0.2, -0.15) is 11.8 Å². The number of hydrogen-bond donors (Lipinski definition) is 2. The van der Waals surface area contributed by atoms with E-state index in [-0.39, 0.29) is 16.6 Å². The lowest BCUT2D eigenvalue weighted by Crippen LogP contribution is -2.37. The van der Waals surface area contributed by atoms with Crippen molar-refractivity contribution in [2.45, 2.75) is 23.8 Å². The molecule has 0 bridgehead atoms. The topological polar surface area (TPSA) is 81.4 Å². The Labute approximate surface area is 118 Å². The third kappa shape index (κ3) is 3.55. The fourth-order valence-corrected chi connectivity index (χ4v) is 4.52. The second-order valence-electron chi connectivity index (χ2n) is 4.41. The van der Waals surface area contributed by atoms with Crippen molar-refractivity contribution in [3.8, 4) is 5.75 Å². The Kier molecular flexibility index (Phi) is 4.59. The van der Waals surface area contributed by atoms with E-state index in [2.05, 4.69) is 4.72 Å². The number of hydrogen-bond acceptors (Lipinski definition) is 5. The van der Waals surface area contributed by atoms with Crippen LogP contribution in [0.2, 0.25) is 0 Å². The highest BCUT2D eigenvalue weighted by Crippen LogP contribution is 2.25. The van der Waals surface area contributed by atoms with E-state index in [9.17, 15) is 8.42 Å². The number of nitrogen functional groups attached to an aromatic ring is 1. The minimum absolute atomic E-state index is 0.00718. The first-order chi connectivity index (χ1) is 9.03. The molecule has 1 aliphatic heterocycles. The molecule has 1 aromatic rings. The quantitative estimate of drug-likeness (QED) is 0.823. The Morgan fingerprint density at radius 3 is 2.63 bits per heavy atom. The molecule has 0 spiro atoms. The fourth-order valence-electron chi connectivity index (χ4n) is 2.00. The lowest BCUT2D eigenvalue weighted by atomic mass is 10.2. The molecular weight excluding hydrogens is 284 g/mol. The minimum Gasteiger partial charge on any atom is -0.497 e. The molecule has 1 heterocycles. The van der Waals surface area contributed by atoms with Crippen molar-refractivity contribution in [3.63, 3.8) is 0 Å². The number of thioether (sulfide) groups is 1. The predicted octanol–water partition coefficient (Wildman–Crippen LogP) is 1.45. The molecule has 106 valence electrons. The summed E-state index contributed by atoms with van der Waals surface area (Å²) in [6, 6.07) is 4.61. The molecule has 2 rings (SSSR count). The van der Waals surface area contributed by atoms with Gasteiger partial charge in [-0.25, -0.2) is 13.1 Å². The predicted molar refractivity (Wildman–Crippen MR) is 78.1 cm³/mol. The van der Waals surface area contributed by atoms with Crippen LogP contribution in [0.1, 0.15) is 12.8 Å². The lowest BCUT2D eigenvalue weighted by Gasteiger charge is -2.22. The van der Waals surface area contributed by atoms with Gasteiger partial charge >= 0.3 is 0 Å². The summed E-state index contributed by atoms with van der Waals surface area (Å²) in [6.07, 6.45) is 1.72. The van der Waals surface area contributed by atoms with Gasteiger partial charge in [0.2, 0.25) is 10.0 Å². The van der Waals surface area contributed by atoms with Gasteiger partial charge in [-0.1, -0.05) is 0 Å². The Balaban J connectivity index is 2.18. The molecule has 5 nitrogen and oxygen atoms in total. The maximum absolute atomic E-state index is 12.3. The average Bonchev–Trinajstić information content (AvgIpc) is 2.38. The van der Waals surface area contributed by atoms with Crippen LogP contribution in [-0.2, 0) is 10.0 Å². The molecule has 7 heteroatoms. The van der Waals surface area contributed by atoms with Crippen LogP contribution < -0.4 is 15.2 Å². The molecule has 19 heavy (non-hydrogen) atoms. The van der Waals surface area contributed by atoms with E-state index in [0.717, 1.165) is 24.3 Å². The maximum atomic E-state index is 12.3. The van der Waals surface area contributed by atoms with Crippen LogP contribution in [0.15, 0.2) is 23.1 Å². The summed E-state index contributed by atoms with van der Waals surface area (Å²) in [5.41, 5.74) is 5.99. The van der Waals surface area contributed by atoms with Crippen molar-refractivity contribution in [2.75, 3.05) is 24.3 Å². The van der Waals surface area contributed by atoms with Gasteiger partial charge < -0.3 is 10.5 Å². The zero-order valence-electron chi connectivity index (χ0n) is 10.8. The molecule has 3 N–H and O–H groups in total. The molecule has 0 amide bonds. The van der Waals surface area contributed by atoms with Crippen molar-refractivity contribution in [2.24, 2.45) is 0 Å². The Hall–Kier alpha value is -0.920. The van der Waals surface area contributed by atoms with Crippen LogP contribution in [-0.4, -0.2) is 33.1 Å². The van der Waals surface area contributed by atoms with Crippen LogP contribution in [0, 0.1) is 0 Å². The van der Waals surface area contributed by atoms with E-state index in [1.807, 2.05) is 11.8 Å². The highest BCUT2D eigenvalue weighted by molar-refractivity contribution is 7.99. The Bertz CT molecular complexity index is 540. The third-order valence-electron chi connectivity index (χ3n) is 3.05. The van der Waals surface area contributed by atoms with E-state index in [4.69, 9.17) is 10.5 Å². The highest BCUT2D eigenvalue weighted by atomic mass is 32.2. The van der Waals surface area contributed by atoms with Gasteiger partial charge in [-0.05, 0) is 36.5 Å². The van der Waals surface area contributed by atoms with Crippen LogP contribution in [0.4, 0.5) is 5.69 Å². The van der Waals surface area contributed by atoms with Crippen molar-refractivity contribution in [3.05, 3.63) is 18.2 Å². The molecule has 0 unspecified atom stereocenters. The van der Waals surface area contributed by atoms with Gasteiger partial charge in [0.1, 0.15) is 10.6 Å². The molecule has 1 saturated heterocycles. The smallest absolute Gasteiger partial charge is 0.242 e. The van der Waals surface area contributed by atoms with E-state index in [1.165, 1.54) is 19.2 Å². The standard InChI is InChI=1S/C12H18N2O3S2/c1-17-10-2-3-12(11(13)8-10)19(15,16)14-9-4-6-18-7-5-9/h2-3,8-9,14H,4-7,13H2,1H3. The zero-order chi connectivity index (χ0) is 13.9. The first-order valence-corrected chi connectivity index (χ1v) is 8.70. The Morgan fingerprint density at radius 1 is 1.37 bits per heavy atom. The average molecular weight is 302 g/mol. The van der Waals surface area contributed by atoms with Gasteiger partial charge in [-0.3, -0.25) is 0 Å². The second kappa shape index (κ2) is 6.02. The van der Waals surface area contributed by atoms with Crippen molar-refractivity contribution in [1.29, 1.82) is 0 Å². The molecule has 0 aromatic heterocycles. The number of sulfonamides is 1.